The van der Waals surface area contributed by atoms with Crippen LogP contribution in [0.1, 0.15) is 16.8 Å². The lowest BCUT2D eigenvalue weighted by Gasteiger charge is -2.30. The molecule has 0 aliphatic carbocycles. The second-order valence-corrected chi connectivity index (χ2v) is 7.23. The summed E-state index contributed by atoms with van der Waals surface area (Å²) in [5.41, 5.74) is 5.82. The number of nitrogens with zero attached hydrogens (tertiary/aromatic N) is 1. The lowest BCUT2D eigenvalue weighted by molar-refractivity contribution is 0.631. The van der Waals surface area contributed by atoms with Crippen molar-refractivity contribution < 1.29 is 4.39 Å². The molecule has 2 heterocycles. The first-order valence-corrected chi connectivity index (χ1v) is 8.95. The van der Waals surface area contributed by atoms with Crippen molar-refractivity contribution in [2.45, 2.75) is 19.9 Å². The van der Waals surface area contributed by atoms with Gasteiger partial charge in [0.25, 0.3) is 0 Å². The van der Waals surface area contributed by atoms with Crippen LogP contribution in [0.4, 0.5) is 10.1 Å². The van der Waals surface area contributed by atoms with E-state index in [2.05, 4.69) is 16.8 Å². The van der Waals surface area contributed by atoms with Crippen LogP contribution in [0.15, 0.2) is 42.5 Å². The highest BCUT2D eigenvalue weighted by Gasteiger charge is 2.22. The summed E-state index contributed by atoms with van der Waals surface area (Å²) in [5.74, 6) is -0.311. The van der Waals surface area contributed by atoms with Crippen molar-refractivity contribution in [3.8, 4) is 11.3 Å². The number of H-pyrrole nitrogens is 1. The third kappa shape index (κ3) is 3.03. The second kappa shape index (κ2) is 6.40. The number of fused-ring (bicyclic) bond motifs is 1. The molecular weight excluding hydrogens is 358 g/mol. The van der Waals surface area contributed by atoms with Crippen LogP contribution >= 0.6 is 23.2 Å². The molecule has 128 valence electrons. The number of hydrogen-bond donors (Lipinski definition) is 1. The zero-order valence-corrected chi connectivity index (χ0v) is 15.3. The molecule has 5 heteroatoms. The van der Waals surface area contributed by atoms with Gasteiger partial charge in [0.1, 0.15) is 5.82 Å². The van der Waals surface area contributed by atoms with Crippen molar-refractivity contribution in [2.24, 2.45) is 0 Å². The molecule has 0 saturated carbocycles. The van der Waals surface area contributed by atoms with Crippen LogP contribution in [-0.4, -0.2) is 11.5 Å². The van der Waals surface area contributed by atoms with Crippen LogP contribution in [0.5, 0.6) is 0 Å². The fourth-order valence-corrected chi connectivity index (χ4v) is 3.89. The van der Waals surface area contributed by atoms with E-state index in [1.54, 1.807) is 12.1 Å². The third-order valence-electron chi connectivity index (χ3n) is 4.73. The Labute approximate surface area is 156 Å². The van der Waals surface area contributed by atoms with Crippen molar-refractivity contribution in [3.05, 3.63) is 75.1 Å². The second-order valence-electron chi connectivity index (χ2n) is 6.39. The summed E-state index contributed by atoms with van der Waals surface area (Å²) in [5, 5.41) is 1.15. The fourth-order valence-electron chi connectivity index (χ4n) is 3.45. The van der Waals surface area contributed by atoms with Crippen molar-refractivity contribution >= 4 is 28.9 Å². The van der Waals surface area contributed by atoms with Gasteiger partial charge in [0.2, 0.25) is 0 Å². The Morgan fingerprint density at radius 1 is 1.12 bits per heavy atom. The van der Waals surface area contributed by atoms with E-state index < -0.39 is 0 Å². The number of halogens is 3. The molecule has 25 heavy (non-hydrogen) atoms. The molecule has 4 rings (SSSR count). The summed E-state index contributed by atoms with van der Waals surface area (Å²) < 4.78 is 14.2. The maximum Gasteiger partial charge on any atom is 0.134 e. The Balaban J connectivity index is 1.69. The van der Waals surface area contributed by atoms with E-state index in [4.69, 9.17) is 23.2 Å². The van der Waals surface area contributed by atoms with E-state index in [1.165, 1.54) is 17.2 Å². The van der Waals surface area contributed by atoms with E-state index in [0.29, 0.717) is 10.6 Å². The van der Waals surface area contributed by atoms with E-state index >= 15 is 0 Å². The highest BCUT2D eigenvalue weighted by atomic mass is 35.5. The van der Waals surface area contributed by atoms with Crippen LogP contribution < -0.4 is 4.90 Å². The Kier molecular flexibility index (Phi) is 4.22. The Bertz CT molecular complexity index is 929. The molecule has 0 amide bonds. The van der Waals surface area contributed by atoms with Gasteiger partial charge in [-0.25, -0.2) is 4.39 Å². The van der Waals surface area contributed by atoms with Crippen LogP contribution in [0.2, 0.25) is 10.0 Å². The summed E-state index contributed by atoms with van der Waals surface area (Å²) in [6.07, 6.45) is 0.868. The van der Waals surface area contributed by atoms with Gasteiger partial charge in [-0.05, 0) is 48.4 Å². The van der Waals surface area contributed by atoms with Crippen LogP contribution in [0.25, 0.3) is 11.3 Å². The highest BCUT2D eigenvalue weighted by Crippen LogP contribution is 2.34. The molecular formula is C20H17Cl2FN2. The molecule has 0 fully saturated rings. The summed E-state index contributed by atoms with van der Waals surface area (Å²) in [6, 6.07) is 12.7. The van der Waals surface area contributed by atoms with Gasteiger partial charge in [0, 0.05) is 35.9 Å². The van der Waals surface area contributed by atoms with Crippen molar-refractivity contribution in [3.63, 3.8) is 0 Å². The standard InChI is InChI=1S/C20H17Cl2FN2/c1-12-5-6-14(21)10-19(12)25-8-7-17-13(11-25)9-18(24-17)20-15(22)3-2-4-16(20)23/h2-6,9-10,24H,7-8,11H2,1H3. The predicted octanol–water partition coefficient (Wildman–Crippen LogP) is 6.00. The first-order valence-electron chi connectivity index (χ1n) is 8.19. The van der Waals surface area contributed by atoms with Crippen molar-refractivity contribution in [2.75, 3.05) is 11.4 Å². The van der Waals surface area contributed by atoms with Gasteiger partial charge in [0.15, 0.2) is 0 Å². The van der Waals surface area contributed by atoms with Crippen LogP contribution in [0, 0.1) is 12.7 Å². The minimum Gasteiger partial charge on any atom is -0.366 e. The summed E-state index contributed by atoms with van der Waals surface area (Å²) >= 11 is 12.4. The zero-order chi connectivity index (χ0) is 17.6. The highest BCUT2D eigenvalue weighted by molar-refractivity contribution is 6.33. The SMILES string of the molecule is Cc1ccc(Cl)cc1N1CCc2[nH]c(-c3c(F)cccc3Cl)cc2C1. The molecule has 0 bridgehead atoms. The molecule has 0 spiro atoms. The first-order chi connectivity index (χ1) is 12.0. The predicted molar refractivity (Wildman–Crippen MR) is 102 cm³/mol. The molecule has 0 unspecified atom stereocenters. The molecule has 3 aromatic rings. The van der Waals surface area contributed by atoms with Crippen LogP contribution in [-0.2, 0) is 13.0 Å². The van der Waals surface area contributed by atoms with Crippen molar-refractivity contribution in [1.29, 1.82) is 0 Å². The number of aromatic amines is 1. The summed E-state index contributed by atoms with van der Waals surface area (Å²) in [4.78, 5) is 5.66. The topological polar surface area (TPSA) is 19.0 Å². The first kappa shape index (κ1) is 16.5. The van der Waals surface area contributed by atoms with E-state index in [1.807, 2.05) is 24.3 Å². The molecule has 0 atom stereocenters. The average molecular weight is 375 g/mol. The molecule has 1 aliphatic rings. The minimum absolute atomic E-state index is 0.311. The third-order valence-corrected chi connectivity index (χ3v) is 5.28. The van der Waals surface area contributed by atoms with Gasteiger partial charge >= 0.3 is 0 Å². The van der Waals surface area contributed by atoms with Crippen molar-refractivity contribution in [1.82, 2.24) is 4.98 Å². The molecule has 2 nitrogen and oxygen atoms in total. The lowest BCUT2D eigenvalue weighted by atomic mass is 10.0. The normalized spacial score (nSPS) is 13.8. The van der Waals surface area contributed by atoms with Gasteiger partial charge in [0.05, 0.1) is 16.3 Å². The Hall–Kier alpha value is -1.97. The number of benzene rings is 2. The molecule has 0 radical (unpaired) electrons. The van der Waals surface area contributed by atoms with Gasteiger partial charge in [-0.3, -0.25) is 0 Å². The molecule has 0 saturated heterocycles. The van der Waals surface area contributed by atoms with Crippen LogP contribution in [0.3, 0.4) is 0 Å². The van der Waals surface area contributed by atoms with E-state index in [-0.39, 0.29) is 5.82 Å². The summed E-state index contributed by atoms with van der Waals surface area (Å²) in [6.45, 7) is 3.74. The number of nitrogens with one attached hydrogen (secondary N) is 1. The number of aryl methyl sites for hydroxylation is 1. The molecule has 1 aliphatic heterocycles. The van der Waals surface area contributed by atoms with E-state index in [0.717, 1.165) is 41.6 Å². The molecule has 1 N–H and O–H groups in total. The maximum atomic E-state index is 14.2. The number of hydrogen-bond acceptors (Lipinski definition) is 1. The largest absolute Gasteiger partial charge is 0.366 e. The fraction of sp³-hybridized carbons (Fsp3) is 0.200. The quantitative estimate of drug-likeness (QED) is 0.582. The van der Waals surface area contributed by atoms with Gasteiger partial charge in [-0.15, -0.1) is 0 Å². The smallest absolute Gasteiger partial charge is 0.134 e. The average Bonchev–Trinajstić information content (AvgIpc) is 2.99. The Morgan fingerprint density at radius 2 is 1.96 bits per heavy atom. The molecule has 1 aromatic heterocycles. The summed E-state index contributed by atoms with van der Waals surface area (Å²) in [7, 11) is 0. The number of rotatable bonds is 2. The minimum atomic E-state index is -0.311. The zero-order valence-electron chi connectivity index (χ0n) is 13.7. The Morgan fingerprint density at radius 3 is 2.76 bits per heavy atom. The maximum absolute atomic E-state index is 14.2. The lowest BCUT2D eigenvalue weighted by Crippen LogP contribution is -2.30. The van der Waals surface area contributed by atoms with Gasteiger partial charge < -0.3 is 9.88 Å². The van der Waals surface area contributed by atoms with Gasteiger partial charge in [-0.2, -0.15) is 0 Å². The van der Waals surface area contributed by atoms with Gasteiger partial charge in [-0.1, -0.05) is 35.3 Å². The molecule has 2 aromatic carbocycles. The van der Waals surface area contributed by atoms with E-state index in [9.17, 15) is 4.39 Å². The monoisotopic (exact) mass is 374 g/mol. The number of aromatic nitrogens is 1. The number of anilines is 1.